The largest absolute Gasteiger partial charge is 0.336 e. The van der Waals surface area contributed by atoms with Crippen molar-refractivity contribution in [1.82, 2.24) is 14.9 Å². The van der Waals surface area contributed by atoms with E-state index in [1.54, 1.807) is 4.90 Å². The molecule has 0 radical (unpaired) electrons. The van der Waals surface area contributed by atoms with E-state index in [0.717, 1.165) is 24.1 Å². The Balaban J connectivity index is 1.68. The summed E-state index contributed by atoms with van der Waals surface area (Å²) in [6, 6.07) is 7.72. The summed E-state index contributed by atoms with van der Waals surface area (Å²) in [7, 11) is 0. The number of carbonyl (C=O) groups excluding carboxylic acids is 2. The number of nitrogens with one attached hydrogen (secondary N) is 1. The summed E-state index contributed by atoms with van der Waals surface area (Å²) in [4.78, 5) is 35.0. The summed E-state index contributed by atoms with van der Waals surface area (Å²) in [6.07, 6.45) is 6.04. The standard InChI is InChI=1S/C17H16N4O2/c22-15(14-10-18-7-8-19-14)21-9-3-6-17(11-21)12-4-1-2-5-13(12)20-16(17)23/h1-2,4-5,7-8,10H,3,6,9,11H2,(H,20,23)/t17-/m0/s1. The summed E-state index contributed by atoms with van der Waals surface area (Å²) in [6.45, 7) is 1.01. The van der Waals surface area contributed by atoms with Crippen LogP contribution in [0, 0.1) is 0 Å². The Morgan fingerprint density at radius 2 is 2.13 bits per heavy atom. The highest BCUT2D eigenvalue weighted by Crippen LogP contribution is 2.43. The second-order valence-electron chi connectivity index (χ2n) is 6.00. The molecule has 0 saturated carbocycles. The van der Waals surface area contributed by atoms with Crippen molar-refractivity contribution in [1.29, 1.82) is 0 Å². The third kappa shape index (κ3) is 2.10. The van der Waals surface area contributed by atoms with Crippen LogP contribution in [-0.4, -0.2) is 39.8 Å². The first-order chi connectivity index (χ1) is 11.2. The van der Waals surface area contributed by atoms with E-state index < -0.39 is 5.41 Å². The minimum absolute atomic E-state index is 0.0182. The second kappa shape index (κ2) is 5.15. The van der Waals surface area contributed by atoms with E-state index in [-0.39, 0.29) is 11.8 Å². The van der Waals surface area contributed by atoms with Crippen molar-refractivity contribution in [3.8, 4) is 0 Å². The Morgan fingerprint density at radius 3 is 2.96 bits per heavy atom. The number of fused-ring (bicyclic) bond motifs is 2. The minimum Gasteiger partial charge on any atom is -0.336 e. The van der Waals surface area contributed by atoms with Gasteiger partial charge in [0.2, 0.25) is 5.91 Å². The van der Waals surface area contributed by atoms with Gasteiger partial charge in [0.05, 0.1) is 11.6 Å². The summed E-state index contributed by atoms with van der Waals surface area (Å²) < 4.78 is 0. The molecule has 4 rings (SSSR count). The SMILES string of the molecule is O=C(c1cnccn1)N1CCC[C@@]2(C1)C(=O)Nc1ccccc12. The van der Waals surface area contributed by atoms with Crippen LogP contribution in [0.3, 0.4) is 0 Å². The van der Waals surface area contributed by atoms with Crippen molar-refractivity contribution >= 4 is 17.5 Å². The predicted octanol–water partition coefficient (Wildman–Crippen LogP) is 1.60. The number of rotatable bonds is 1. The lowest BCUT2D eigenvalue weighted by Gasteiger charge is -2.38. The van der Waals surface area contributed by atoms with E-state index in [4.69, 9.17) is 0 Å². The Bertz CT molecular complexity index is 777. The fraction of sp³-hybridized carbons (Fsp3) is 0.294. The van der Waals surface area contributed by atoms with Gasteiger partial charge in [0.15, 0.2) is 0 Å². The zero-order valence-electron chi connectivity index (χ0n) is 12.5. The van der Waals surface area contributed by atoms with Gasteiger partial charge in [0.25, 0.3) is 5.91 Å². The Kier molecular flexibility index (Phi) is 3.11. The molecule has 0 bridgehead atoms. The fourth-order valence-corrected chi connectivity index (χ4v) is 3.58. The second-order valence-corrected chi connectivity index (χ2v) is 6.00. The highest BCUT2D eigenvalue weighted by molar-refractivity contribution is 6.07. The van der Waals surface area contributed by atoms with Crippen LogP contribution in [0.4, 0.5) is 5.69 Å². The maximum atomic E-state index is 12.7. The van der Waals surface area contributed by atoms with Crippen molar-refractivity contribution < 1.29 is 9.59 Å². The van der Waals surface area contributed by atoms with Gasteiger partial charge in [0, 0.05) is 31.2 Å². The Hall–Kier alpha value is -2.76. The van der Waals surface area contributed by atoms with Gasteiger partial charge < -0.3 is 10.2 Å². The van der Waals surface area contributed by atoms with Crippen LogP contribution < -0.4 is 5.32 Å². The lowest BCUT2D eigenvalue weighted by atomic mass is 9.75. The summed E-state index contributed by atoms with van der Waals surface area (Å²) >= 11 is 0. The molecule has 1 spiro atoms. The highest BCUT2D eigenvalue weighted by atomic mass is 16.2. The number of amides is 2. The number of para-hydroxylation sites is 1. The van der Waals surface area contributed by atoms with E-state index in [1.165, 1.54) is 18.6 Å². The molecular formula is C17H16N4O2. The van der Waals surface area contributed by atoms with E-state index in [9.17, 15) is 9.59 Å². The van der Waals surface area contributed by atoms with Crippen LogP contribution in [0.25, 0.3) is 0 Å². The van der Waals surface area contributed by atoms with Gasteiger partial charge in [-0.3, -0.25) is 14.6 Å². The average Bonchev–Trinajstić information content (AvgIpc) is 2.87. The van der Waals surface area contributed by atoms with Crippen LogP contribution in [0.5, 0.6) is 0 Å². The number of benzene rings is 1. The molecule has 2 amide bonds. The molecule has 6 heteroatoms. The highest BCUT2D eigenvalue weighted by Gasteiger charge is 2.49. The number of likely N-dealkylation sites (tertiary alicyclic amines) is 1. The number of aromatic nitrogens is 2. The van der Waals surface area contributed by atoms with Crippen LogP contribution in [0.1, 0.15) is 28.9 Å². The van der Waals surface area contributed by atoms with Gasteiger partial charge in [-0.25, -0.2) is 4.98 Å². The predicted molar refractivity (Wildman–Crippen MR) is 83.9 cm³/mol. The van der Waals surface area contributed by atoms with Gasteiger partial charge >= 0.3 is 0 Å². The maximum absolute atomic E-state index is 12.7. The maximum Gasteiger partial charge on any atom is 0.274 e. The van der Waals surface area contributed by atoms with E-state index in [2.05, 4.69) is 15.3 Å². The zero-order chi connectivity index (χ0) is 15.9. The van der Waals surface area contributed by atoms with Gasteiger partial charge in [-0.05, 0) is 24.5 Å². The lowest BCUT2D eigenvalue weighted by molar-refractivity contribution is -0.122. The molecular weight excluding hydrogens is 292 g/mol. The Labute approximate surface area is 133 Å². The molecule has 6 nitrogen and oxygen atoms in total. The number of piperidine rings is 1. The monoisotopic (exact) mass is 308 g/mol. The molecule has 1 saturated heterocycles. The molecule has 1 aromatic heterocycles. The molecule has 0 unspecified atom stereocenters. The fourth-order valence-electron chi connectivity index (χ4n) is 3.58. The molecule has 2 aromatic rings. The van der Waals surface area contributed by atoms with Crippen molar-refractivity contribution in [2.45, 2.75) is 18.3 Å². The van der Waals surface area contributed by atoms with Crippen molar-refractivity contribution in [3.63, 3.8) is 0 Å². The molecule has 3 heterocycles. The Morgan fingerprint density at radius 1 is 1.26 bits per heavy atom. The number of anilines is 1. The number of hydrogen-bond donors (Lipinski definition) is 1. The number of carbonyl (C=O) groups is 2. The quantitative estimate of drug-likeness (QED) is 0.868. The van der Waals surface area contributed by atoms with Crippen LogP contribution in [0.15, 0.2) is 42.9 Å². The van der Waals surface area contributed by atoms with Gasteiger partial charge in [0.1, 0.15) is 5.69 Å². The first-order valence-corrected chi connectivity index (χ1v) is 7.67. The van der Waals surface area contributed by atoms with Crippen molar-refractivity contribution in [3.05, 3.63) is 54.1 Å². The van der Waals surface area contributed by atoms with Crippen molar-refractivity contribution in [2.75, 3.05) is 18.4 Å². The average molecular weight is 308 g/mol. The third-order valence-electron chi connectivity index (χ3n) is 4.69. The topological polar surface area (TPSA) is 75.2 Å². The van der Waals surface area contributed by atoms with Crippen LogP contribution >= 0.6 is 0 Å². The molecule has 1 atom stereocenters. The summed E-state index contributed by atoms with van der Waals surface area (Å²) in [5.74, 6) is -0.190. The third-order valence-corrected chi connectivity index (χ3v) is 4.69. The molecule has 1 aromatic carbocycles. The number of hydrogen-bond acceptors (Lipinski definition) is 4. The summed E-state index contributed by atoms with van der Waals surface area (Å²) in [5, 5.41) is 2.95. The molecule has 2 aliphatic rings. The molecule has 116 valence electrons. The van der Waals surface area contributed by atoms with E-state index in [0.29, 0.717) is 18.8 Å². The van der Waals surface area contributed by atoms with Crippen LogP contribution in [-0.2, 0) is 10.2 Å². The molecule has 0 aliphatic carbocycles. The van der Waals surface area contributed by atoms with E-state index >= 15 is 0 Å². The van der Waals surface area contributed by atoms with E-state index in [1.807, 2.05) is 24.3 Å². The molecule has 1 fully saturated rings. The smallest absolute Gasteiger partial charge is 0.274 e. The normalized spacial score (nSPS) is 22.8. The number of nitrogens with zero attached hydrogens (tertiary/aromatic N) is 3. The summed E-state index contributed by atoms with van der Waals surface area (Å²) in [5.41, 5.74) is 1.51. The van der Waals surface area contributed by atoms with Gasteiger partial charge in [-0.1, -0.05) is 18.2 Å². The van der Waals surface area contributed by atoms with Gasteiger partial charge in [-0.2, -0.15) is 0 Å². The van der Waals surface area contributed by atoms with Crippen LogP contribution in [0.2, 0.25) is 0 Å². The first-order valence-electron chi connectivity index (χ1n) is 7.67. The first kappa shape index (κ1) is 13.9. The lowest BCUT2D eigenvalue weighted by Crippen LogP contribution is -2.52. The molecule has 23 heavy (non-hydrogen) atoms. The zero-order valence-corrected chi connectivity index (χ0v) is 12.5. The molecule has 1 N–H and O–H groups in total. The van der Waals surface area contributed by atoms with Crippen molar-refractivity contribution in [2.24, 2.45) is 0 Å². The molecule has 2 aliphatic heterocycles. The van der Waals surface area contributed by atoms with Gasteiger partial charge in [-0.15, -0.1) is 0 Å². The minimum atomic E-state index is -0.646.